The first-order chi connectivity index (χ1) is 15.1. The Balaban J connectivity index is 0.000000316. The molecular weight excluding hydrogens is 406 g/mol. The van der Waals surface area contributed by atoms with E-state index in [1.54, 1.807) is 19.1 Å². The maximum absolute atomic E-state index is 11.7. The molecule has 3 aromatic carbocycles. The summed E-state index contributed by atoms with van der Waals surface area (Å²) < 4.78 is 10.1. The number of hydrogen-bond donors (Lipinski definition) is 1. The van der Waals surface area contributed by atoms with E-state index >= 15 is 0 Å². The van der Waals surface area contributed by atoms with Crippen LogP contribution in [0.1, 0.15) is 35.3 Å². The Hall–Kier alpha value is -3.18. The zero-order valence-corrected chi connectivity index (χ0v) is 19.2. The van der Waals surface area contributed by atoms with Crippen molar-refractivity contribution in [1.29, 1.82) is 0 Å². The fraction of sp³-hybridized carbons (Fsp3) is 0.192. The molecule has 3 rings (SSSR count). The fourth-order valence-electron chi connectivity index (χ4n) is 2.82. The number of carbonyl (C=O) groups is 1. The number of carbonyl (C=O) groups excluding carboxylic acids is 1. The average molecular weight is 436 g/mol. The van der Waals surface area contributed by atoms with E-state index in [2.05, 4.69) is 24.4 Å². The standard InChI is InChI=1S/C19H21NO2.C7H8OS/c1-4-22-19(21)16-11-9-15(10-12-16)14(2)13-17-7-5-6-8-18(17)20-3;1-9-8-7-5-3-2-4-6-7/h5-13,20H,4H2,1-3H3;2-6H,1H3/b14-13+;. The van der Waals surface area contributed by atoms with E-state index in [0.29, 0.717) is 12.2 Å². The topological polar surface area (TPSA) is 47.6 Å². The molecule has 5 heteroatoms. The van der Waals surface area contributed by atoms with Gasteiger partial charge in [-0.3, -0.25) is 0 Å². The fourth-order valence-corrected chi connectivity index (χ4v) is 3.13. The minimum atomic E-state index is -0.281. The molecule has 0 radical (unpaired) electrons. The molecule has 0 spiro atoms. The maximum atomic E-state index is 11.7. The van der Waals surface area contributed by atoms with Crippen molar-refractivity contribution in [1.82, 2.24) is 0 Å². The predicted molar refractivity (Wildman–Crippen MR) is 133 cm³/mol. The van der Waals surface area contributed by atoms with E-state index in [9.17, 15) is 4.79 Å². The molecular formula is C26H29NO3S. The van der Waals surface area contributed by atoms with Gasteiger partial charge in [-0.25, -0.2) is 4.79 Å². The van der Waals surface area contributed by atoms with E-state index in [1.165, 1.54) is 12.0 Å². The van der Waals surface area contributed by atoms with E-state index < -0.39 is 0 Å². The molecule has 0 saturated heterocycles. The smallest absolute Gasteiger partial charge is 0.338 e. The largest absolute Gasteiger partial charge is 0.462 e. The number of nitrogens with one attached hydrogen (secondary N) is 1. The zero-order valence-electron chi connectivity index (χ0n) is 18.4. The van der Waals surface area contributed by atoms with Gasteiger partial charge in [-0.15, -0.1) is 0 Å². The molecule has 0 saturated carbocycles. The molecule has 4 nitrogen and oxygen atoms in total. The highest BCUT2D eigenvalue weighted by molar-refractivity contribution is 7.94. The Morgan fingerprint density at radius 1 is 0.935 bits per heavy atom. The van der Waals surface area contributed by atoms with E-state index in [4.69, 9.17) is 8.92 Å². The number of ether oxygens (including phenoxy) is 1. The van der Waals surface area contributed by atoms with E-state index in [1.807, 2.05) is 74.0 Å². The first kappa shape index (κ1) is 24.1. The Bertz CT molecular complexity index is 969. The molecule has 3 aromatic rings. The maximum Gasteiger partial charge on any atom is 0.338 e. The van der Waals surface area contributed by atoms with Gasteiger partial charge < -0.3 is 14.2 Å². The van der Waals surface area contributed by atoms with Crippen molar-refractivity contribution in [2.45, 2.75) is 13.8 Å². The van der Waals surface area contributed by atoms with Crippen LogP contribution in [0.25, 0.3) is 11.6 Å². The minimum absolute atomic E-state index is 0.281. The summed E-state index contributed by atoms with van der Waals surface area (Å²) in [6.07, 6.45) is 4.03. The summed E-state index contributed by atoms with van der Waals surface area (Å²) in [6, 6.07) is 25.3. The van der Waals surface area contributed by atoms with Crippen LogP contribution in [0.15, 0.2) is 78.9 Å². The number of benzene rings is 3. The van der Waals surface area contributed by atoms with Gasteiger partial charge in [-0.05, 0) is 67.0 Å². The van der Waals surface area contributed by atoms with Crippen LogP contribution >= 0.6 is 12.0 Å². The van der Waals surface area contributed by atoms with Crippen molar-refractivity contribution >= 4 is 35.3 Å². The number of allylic oxidation sites excluding steroid dienone is 1. The second-order valence-electron chi connectivity index (χ2n) is 6.53. The lowest BCUT2D eigenvalue weighted by Crippen LogP contribution is -2.04. The van der Waals surface area contributed by atoms with Crippen molar-refractivity contribution in [3.05, 3.63) is 95.6 Å². The Morgan fingerprint density at radius 3 is 2.16 bits per heavy atom. The average Bonchev–Trinajstić information content (AvgIpc) is 2.81. The number of anilines is 1. The van der Waals surface area contributed by atoms with Gasteiger partial charge in [0.15, 0.2) is 0 Å². The van der Waals surface area contributed by atoms with Gasteiger partial charge in [0.1, 0.15) is 5.75 Å². The number of rotatable bonds is 7. The van der Waals surface area contributed by atoms with Crippen LogP contribution in [-0.2, 0) is 4.74 Å². The third-order valence-electron chi connectivity index (χ3n) is 4.38. The van der Waals surface area contributed by atoms with Gasteiger partial charge in [0.05, 0.1) is 24.2 Å². The highest BCUT2D eigenvalue weighted by Crippen LogP contribution is 2.23. The lowest BCUT2D eigenvalue weighted by Gasteiger charge is -2.08. The van der Waals surface area contributed by atoms with Crippen LogP contribution in [0.3, 0.4) is 0 Å². The molecule has 31 heavy (non-hydrogen) atoms. The van der Waals surface area contributed by atoms with E-state index in [0.717, 1.165) is 28.1 Å². The van der Waals surface area contributed by atoms with Crippen molar-refractivity contribution in [3.8, 4) is 5.75 Å². The van der Waals surface area contributed by atoms with Gasteiger partial charge in [-0.2, -0.15) is 0 Å². The van der Waals surface area contributed by atoms with Crippen molar-refractivity contribution in [2.75, 3.05) is 25.2 Å². The van der Waals surface area contributed by atoms with Crippen molar-refractivity contribution < 1.29 is 13.7 Å². The van der Waals surface area contributed by atoms with Gasteiger partial charge in [0.25, 0.3) is 0 Å². The quantitative estimate of drug-likeness (QED) is 0.251. The molecule has 0 atom stereocenters. The molecule has 0 unspecified atom stereocenters. The third-order valence-corrected chi connectivity index (χ3v) is 4.74. The molecule has 0 fully saturated rings. The number of para-hydroxylation sites is 2. The zero-order chi connectivity index (χ0) is 22.5. The van der Waals surface area contributed by atoms with Gasteiger partial charge >= 0.3 is 5.97 Å². The summed E-state index contributed by atoms with van der Waals surface area (Å²) in [4.78, 5) is 11.7. The van der Waals surface area contributed by atoms with Crippen molar-refractivity contribution in [3.63, 3.8) is 0 Å². The highest BCUT2D eigenvalue weighted by atomic mass is 32.2. The lowest BCUT2D eigenvalue weighted by atomic mass is 10.0. The summed E-state index contributed by atoms with van der Waals surface area (Å²) in [6.45, 7) is 4.25. The Kier molecular flexibility index (Phi) is 10.3. The van der Waals surface area contributed by atoms with Gasteiger partial charge in [0.2, 0.25) is 0 Å². The molecule has 0 amide bonds. The minimum Gasteiger partial charge on any atom is -0.462 e. The molecule has 0 bridgehead atoms. The van der Waals surface area contributed by atoms with E-state index in [-0.39, 0.29) is 5.97 Å². The summed E-state index contributed by atoms with van der Waals surface area (Å²) >= 11 is 1.35. The molecule has 0 aromatic heterocycles. The second-order valence-corrected chi connectivity index (χ2v) is 7.03. The van der Waals surface area contributed by atoms with Gasteiger partial charge in [0, 0.05) is 19.0 Å². The van der Waals surface area contributed by atoms with Crippen LogP contribution in [0.5, 0.6) is 5.75 Å². The van der Waals surface area contributed by atoms with Crippen LogP contribution in [0, 0.1) is 0 Å². The Morgan fingerprint density at radius 2 is 1.55 bits per heavy atom. The van der Waals surface area contributed by atoms with Gasteiger partial charge in [-0.1, -0.05) is 48.5 Å². The molecule has 0 aliphatic heterocycles. The molecule has 0 aliphatic rings. The summed E-state index contributed by atoms with van der Waals surface area (Å²) in [5.74, 6) is 0.626. The Labute approximate surface area is 189 Å². The molecule has 0 aliphatic carbocycles. The van der Waals surface area contributed by atoms with Crippen LogP contribution in [0.2, 0.25) is 0 Å². The first-order valence-corrected chi connectivity index (χ1v) is 11.2. The molecule has 1 N–H and O–H groups in total. The summed E-state index contributed by atoms with van der Waals surface area (Å²) in [7, 11) is 1.91. The lowest BCUT2D eigenvalue weighted by molar-refractivity contribution is 0.0526. The molecule has 0 heterocycles. The summed E-state index contributed by atoms with van der Waals surface area (Å²) in [5.41, 5.74) is 5.02. The SMILES string of the molecule is CCOC(=O)c1ccc(/C(C)=C/c2ccccc2NC)cc1.CSOc1ccccc1. The second kappa shape index (κ2) is 13.2. The van der Waals surface area contributed by atoms with Crippen LogP contribution in [0.4, 0.5) is 5.69 Å². The van der Waals surface area contributed by atoms with Crippen molar-refractivity contribution in [2.24, 2.45) is 0 Å². The number of hydrogen-bond acceptors (Lipinski definition) is 5. The third kappa shape index (κ3) is 7.87. The van der Waals surface area contributed by atoms with Crippen LogP contribution in [-0.4, -0.2) is 25.9 Å². The normalized spacial score (nSPS) is 10.5. The summed E-state index contributed by atoms with van der Waals surface area (Å²) in [5, 5.41) is 3.18. The number of esters is 1. The predicted octanol–water partition coefficient (Wildman–Crippen LogP) is 6.81. The monoisotopic (exact) mass is 435 g/mol. The highest BCUT2D eigenvalue weighted by Gasteiger charge is 2.06. The van der Waals surface area contributed by atoms with Crippen LogP contribution < -0.4 is 9.50 Å². The first-order valence-electron chi connectivity index (χ1n) is 10.1. The molecule has 162 valence electrons.